The van der Waals surface area contributed by atoms with Crippen LogP contribution in [0.2, 0.25) is 0 Å². The number of carboxylic acids is 1. The van der Waals surface area contributed by atoms with Gasteiger partial charge in [0, 0.05) is 5.56 Å². The van der Waals surface area contributed by atoms with E-state index in [9.17, 15) is 9.18 Å². The van der Waals surface area contributed by atoms with Crippen molar-refractivity contribution in [2.75, 3.05) is 0 Å². The third kappa shape index (κ3) is 2.34. The first kappa shape index (κ1) is 12.2. The molecule has 1 N–H and O–H groups in total. The summed E-state index contributed by atoms with van der Waals surface area (Å²) in [7, 11) is 0. The van der Waals surface area contributed by atoms with E-state index in [2.05, 4.69) is 9.97 Å². The van der Waals surface area contributed by atoms with E-state index >= 15 is 0 Å². The number of aromatic nitrogens is 2. The topological polar surface area (TPSA) is 63.1 Å². The normalized spacial score (nSPS) is 10.4. The lowest BCUT2D eigenvalue weighted by atomic mass is 10.1. The number of aryl methyl sites for hydroxylation is 2. The summed E-state index contributed by atoms with van der Waals surface area (Å²) in [5.41, 5.74) is 1.56. The molecular weight excluding hydrogens is 235 g/mol. The molecule has 92 valence electrons. The van der Waals surface area contributed by atoms with E-state index in [0.717, 1.165) is 0 Å². The van der Waals surface area contributed by atoms with Crippen molar-refractivity contribution in [2.45, 2.75) is 13.8 Å². The zero-order chi connectivity index (χ0) is 13.3. The molecule has 0 aliphatic rings. The van der Waals surface area contributed by atoms with E-state index in [-0.39, 0.29) is 11.5 Å². The molecule has 0 bridgehead atoms. The molecule has 0 saturated heterocycles. The van der Waals surface area contributed by atoms with Crippen LogP contribution in [-0.4, -0.2) is 21.0 Å². The second kappa shape index (κ2) is 4.52. The fraction of sp³-hybridized carbons (Fsp3) is 0.154. The Hall–Kier alpha value is -2.30. The Kier molecular flexibility index (Phi) is 3.06. The summed E-state index contributed by atoms with van der Waals surface area (Å²) >= 11 is 0. The number of benzene rings is 1. The van der Waals surface area contributed by atoms with Crippen molar-refractivity contribution >= 4 is 5.97 Å². The molecule has 0 aliphatic heterocycles. The van der Waals surface area contributed by atoms with Gasteiger partial charge < -0.3 is 5.11 Å². The molecule has 0 aliphatic carbocycles. The monoisotopic (exact) mass is 246 g/mol. The second-order valence-corrected chi connectivity index (χ2v) is 3.95. The first-order chi connectivity index (χ1) is 8.47. The molecule has 5 heteroatoms. The van der Waals surface area contributed by atoms with Gasteiger partial charge in [0.1, 0.15) is 11.6 Å². The van der Waals surface area contributed by atoms with E-state index < -0.39 is 5.97 Å². The lowest BCUT2D eigenvalue weighted by Gasteiger charge is -2.05. The summed E-state index contributed by atoms with van der Waals surface area (Å²) in [6.07, 6.45) is 0. The Morgan fingerprint density at radius 1 is 1.22 bits per heavy atom. The summed E-state index contributed by atoms with van der Waals surface area (Å²) in [6.45, 7) is 3.26. The van der Waals surface area contributed by atoms with Gasteiger partial charge in [0.05, 0.1) is 5.69 Å². The summed E-state index contributed by atoms with van der Waals surface area (Å²) in [6, 6.07) is 5.91. The van der Waals surface area contributed by atoms with Crippen molar-refractivity contribution in [2.24, 2.45) is 0 Å². The predicted octanol–water partition coefficient (Wildman–Crippen LogP) is 2.60. The van der Waals surface area contributed by atoms with Crippen molar-refractivity contribution in [3.8, 4) is 11.3 Å². The molecular formula is C13H11FN2O2. The molecule has 0 amide bonds. The van der Waals surface area contributed by atoms with Crippen LogP contribution in [0.5, 0.6) is 0 Å². The fourth-order valence-electron chi connectivity index (χ4n) is 1.63. The molecule has 0 fully saturated rings. The minimum atomic E-state index is -1.11. The highest BCUT2D eigenvalue weighted by Crippen LogP contribution is 2.20. The van der Waals surface area contributed by atoms with Crippen LogP contribution in [-0.2, 0) is 0 Å². The van der Waals surface area contributed by atoms with Crippen LogP contribution in [0.3, 0.4) is 0 Å². The van der Waals surface area contributed by atoms with Crippen LogP contribution in [0.1, 0.15) is 21.9 Å². The smallest absolute Gasteiger partial charge is 0.354 e. The van der Waals surface area contributed by atoms with Gasteiger partial charge in [0.25, 0.3) is 0 Å². The molecule has 0 spiro atoms. The van der Waals surface area contributed by atoms with Gasteiger partial charge >= 0.3 is 5.97 Å². The number of hydrogen-bond donors (Lipinski definition) is 1. The van der Waals surface area contributed by atoms with Gasteiger partial charge in [-0.15, -0.1) is 0 Å². The van der Waals surface area contributed by atoms with Crippen LogP contribution in [0, 0.1) is 19.7 Å². The highest BCUT2D eigenvalue weighted by Gasteiger charge is 2.10. The summed E-state index contributed by atoms with van der Waals surface area (Å²) in [4.78, 5) is 18.9. The third-order valence-electron chi connectivity index (χ3n) is 2.51. The quantitative estimate of drug-likeness (QED) is 0.884. The van der Waals surface area contributed by atoms with Crippen molar-refractivity contribution < 1.29 is 14.3 Å². The first-order valence-corrected chi connectivity index (χ1v) is 5.33. The minimum absolute atomic E-state index is 0.0699. The van der Waals surface area contributed by atoms with E-state index in [4.69, 9.17) is 5.11 Å². The van der Waals surface area contributed by atoms with Gasteiger partial charge in [-0.3, -0.25) is 0 Å². The number of hydrogen-bond acceptors (Lipinski definition) is 3. The number of rotatable bonds is 2. The van der Waals surface area contributed by atoms with Gasteiger partial charge in [-0.25, -0.2) is 19.2 Å². The highest BCUT2D eigenvalue weighted by atomic mass is 19.1. The Labute approximate surface area is 103 Å². The average molecular weight is 246 g/mol. The van der Waals surface area contributed by atoms with E-state index in [1.165, 1.54) is 12.1 Å². The highest BCUT2D eigenvalue weighted by molar-refractivity contribution is 5.86. The van der Waals surface area contributed by atoms with Gasteiger partial charge in [-0.05, 0) is 43.7 Å². The van der Waals surface area contributed by atoms with Crippen LogP contribution in [0.15, 0.2) is 24.3 Å². The molecule has 0 unspecified atom stereocenters. The van der Waals surface area contributed by atoms with Gasteiger partial charge in [0.2, 0.25) is 0 Å². The first-order valence-electron chi connectivity index (χ1n) is 5.33. The molecule has 0 radical (unpaired) electrons. The molecule has 2 aromatic rings. The molecule has 4 nitrogen and oxygen atoms in total. The zero-order valence-electron chi connectivity index (χ0n) is 9.94. The fourth-order valence-corrected chi connectivity index (χ4v) is 1.63. The standard InChI is InChI=1S/C13H11FN2O2/c1-7-5-9(3-4-10(7)14)11-6-12(13(17)18)16-8(2)15-11/h3-6H,1-2H3,(H,17,18). The Morgan fingerprint density at radius 2 is 1.94 bits per heavy atom. The molecule has 1 aromatic heterocycles. The average Bonchev–Trinajstić information content (AvgIpc) is 2.31. The summed E-state index contributed by atoms with van der Waals surface area (Å²) in [5, 5.41) is 8.93. The van der Waals surface area contributed by atoms with Crippen LogP contribution in [0.4, 0.5) is 4.39 Å². The summed E-state index contributed by atoms with van der Waals surface area (Å²) in [5.74, 6) is -1.05. The molecule has 18 heavy (non-hydrogen) atoms. The van der Waals surface area contributed by atoms with Gasteiger partial charge in [-0.1, -0.05) is 0 Å². The SMILES string of the molecule is Cc1nc(C(=O)O)cc(-c2ccc(F)c(C)c2)n1. The maximum atomic E-state index is 13.2. The van der Waals surface area contributed by atoms with Gasteiger partial charge in [-0.2, -0.15) is 0 Å². The lowest BCUT2D eigenvalue weighted by molar-refractivity contribution is 0.0690. The van der Waals surface area contributed by atoms with Crippen molar-refractivity contribution in [3.05, 3.63) is 47.2 Å². The number of halogens is 1. The molecule has 1 heterocycles. The largest absolute Gasteiger partial charge is 0.477 e. The maximum absolute atomic E-state index is 13.2. The maximum Gasteiger partial charge on any atom is 0.354 e. The van der Waals surface area contributed by atoms with Gasteiger partial charge in [0.15, 0.2) is 5.69 Å². The number of aromatic carboxylic acids is 1. The van der Waals surface area contributed by atoms with Crippen molar-refractivity contribution in [1.29, 1.82) is 0 Å². The van der Waals surface area contributed by atoms with Crippen LogP contribution < -0.4 is 0 Å². The van der Waals surface area contributed by atoms with Crippen LogP contribution in [0.25, 0.3) is 11.3 Å². The zero-order valence-corrected chi connectivity index (χ0v) is 9.94. The molecule has 1 aromatic carbocycles. The predicted molar refractivity (Wildman–Crippen MR) is 63.9 cm³/mol. The van der Waals surface area contributed by atoms with Crippen molar-refractivity contribution in [3.63, 3.8) is 0 Å². The molecule has 2 rings (SSSR count). The van der Waals surface area contributed by atoms with Crippen molar-refractivity contribution in [1.82, 2.24) is 9.97 Å². The Balaban J connectivity index is 2.56. The number of nitrogens with zero attached hydrogens (tertiary/aromatic N) is 2. The van der Waals surface area contributed by atoms with E-state index in [1.54, 1.807) is 26.0 Å². The van der Waals surface area contributed by atoms with E-state index in [1.807, 2.05) is 0 Å². The minimum Gasteiger partial charge on any atom is -0.477 e. The second-order valence-electron chi connectivity index (χ2n) is 3.95. The molecule has 0 atom stereocenters. The number of carbonyl (C=O) groups is 1. The summed E-state index contributed by atoms with van der Waals surface area (Å²) < 4.78 is 13.2. The molecule has 0 saturated carbocycles. The Bertz CT molecular complexity index is 626. The third-order valence-corrected chi connectivity index (χ3v) is 2.51. The van der Waals surface area contributed by atoms with E-state index in [0.29, 0.717) is 22.6 Å². The number of carboxylic acid groups (broad SMARTS) is 1. The van der Waals surface area contributed by atoms with Crippen LogP contribution >= 0.6 is 0 Å². The lowest BCUT2D eigenvalue weighted by Crippen LogP contribution is -2.04. The Morgan fingerprint density at radius 3 is 2.56 bits per heavy atom.